The van der Waals surface area contributed by atoms with E-state index in [1.54, 1.807) is 0 Å². The Balaban J connectivity index is 2.66. The normalized spacial score (nSPS) is 11.2. The fourth-order valence-electron chi connectivity index (χ4n) is 1.26. The number of aryl methyl sites for hydroxylation is 1. The van der Waals surface area contributed by atoms with Crippen LogP contribution < -0.4 is 10.7 Å². The lowest BCUT2D eigenvalue weighted by atomic mass is 10.1. The number of hydrogen-bond acceptors (Lipinski definition) is 2. The molecule has 3 nitrogen and oxygen atoms in total. The molecule has 0 amide bonds. The average molecular weight is 249 g/mol. The number of hydrogen-bond donors (Lipinski definition) is 2. The zero-order valence-electron chi connectivity index (χ0n) is 10.8. The highest BCUT2D eigenvalue weighted by atomic mass is 32.1. The molecule has 1 rings (SSSR count). The maximum Gasteiger partial charge on any atom is 0.191 e. The van der Waals surface area contributed by atoms with E-state index in [0.29, 0.717) is 5.11 Å². The van der Waals surface area contributed by atoms with E-state index in [0.717, 1.165) is 17.8 Å². The minimum Gasteiger partial charge on any atom is -0.331 e. The molecule has 4 heteroatoms. The molecular weight excluding hydrogens is 230 g/mol. The van der Waals surface area contributed by atoms with Crippen molar-refractivity contribution in [2.45, 2.75) is 34.1 Å². The minimum atomic E-state index is 0.520. The number of nitrogens with one attached hydrogen (secondary N) is 2. The summed E-state index contributed by atoms with van der Waals surface area (Å²) in [4.78, 5) is 0. The third kappa shape index (κ3) is 4.15. The summed E-state index contributed by atoms with van der Waals surface area (Å²) in [5, 5.41) is 7.82. The van der Waals surface area contributed by atoms with Gasteiger partial charge in [0.05, 0.1) is 0 Å². The molecule has 2 N–H and O–H groups in total. The standard InChI is InChI=1S/C13H19N3S/c1-5-10(3)15-16-13(17)14-12-8-6-7-9(2)11(12)4/h6-8H,5H2,1-4H3,(H2,14,16,17)/b15-10-. The van der Waals surface area contributed by atoms with Gasteiger partial charge in [0.2, 0.25) is 0 Å². The molecule has 0 unspecified atom stereocenters. The predicted molar refractivity (Wildman–Crippen MR) is 78.7 cm³/mol. The topological polar surface area (TPSA) is 36.4 Å². The molecule has 0 saturated carbocycles. The Labute approximate surface area is 108 Å². The highest BCUT2D eigenvalue weighted by molar-refractivity contribution is 7.80. The Bertz CT molecular complexity index is 438. The quantitative estimate of drug-likeness (QED) is 0.490. The third-order valence-electron chi connectivity index (χ3n) is 2.71. The summed E-state index contributed by atoms with van der Waals surface area (Å²) in [7, 11) is 0. The van der Waals surface area contributed by atoms with Crippen molar-refractivity contribution >= 4 is 28.7 Å². The van der Waals surface area contributed by atoms with Crippen LogP contribution in [0.15, 0.2) is 23.3 Å². The molecule has 0 saturated heterocycles. The molecule has 1 aromatic carbocycles. The van der Waals surface area contributed by atoms with Crippen LogP contribution in [-0.2, 0) is 0 Å². The first-order chi connectivity index (χ1) is 8.04. The average Bonchev–Trinajstić information content (AvgIpc) is 2.32. The molecule has 17 heavy (non-hydrogen) atoms. The second kappa shape index (κ2) is 6.35. The SMILES string of the molecule is CC/C(C)=N\NC(=S)Nc1cccc(C)c1C. The lowest BCUT2D eigenvalue weighted by molar-refractivity contribution is 1.02. The smallest absolute Gasteiger partial charge is 0.191 e. The van der Waals surface area contributed by atoms with E-state index in [2.05, 4.69) is 42.7 Å². The van der Waals surface area contributed by atoms with Crippen molar-refractivity contribution in [1.82, 2.24) is 5.43 Å². The van der Waals surface area contributed by atoms with Gasteiger partial charge < -0.3 is 5.32 Å². The summed E-state index contributed by atoms with van der Waals surface area (Å²) < 4.78 is 0. The van der Waals surface area contributed by atoms with Gasteiger partial charge in [-0.1, -0.05) is 19.1 Å². The second-order valence-electron chi connectivity index (χ2n) is 4.01. The van der Waals surface area contributed by atoms with E-state index >= 15 is 0 Å². The van der Waals surface area contributed by atoms with Gasteiger partial charge in [0.1, 0.15) is 0 Å². The van der Waals surface area contributed by atoms with Crippen molar-refractivity contribution in [3.63, 3.8) is 0 Å². The number of benzene rings is 1. The summed E-state index contributed by atoms with van der Waals surface area (Å²) >= 11 is 5.18. The monoisotopic (exact) mass is 249 g/mol. The summed E-state index contributed by atoms with van der Waals surface area (Å²) in [5.74, 6) is 0. The fraction of sp³-hybridized carbons (Fsp3) is 0.385. The Morgan fingerprint density at radius 1 is 1.35 bits per heavy atom. The highest BCUT2D eigenvalue weighted by Crippen LogP contribution is 2.17. The maximum absolute atomic E-state index is 5.18. The van der Waals surface area contributed by atoms with E-state index in [4.69, 9.17) is 12.2 Å². The van der Waals surface area contributed by atoms with E-state index in [-0.39, 0.29) is 0 Å². The van der Waals surface area contributed by atoms with Gasteiger partial charge in [0.25, 0.3) is 0 Å². The van der Waals surface area contributed by atoms with Crippen LogP contribution in [0.25, 0.3) is 0 Å². The zero-order valence-corrected chi connectivity index (χ0v) is 11.6. The molecule has 0 aliphatic carbocycles. The van der Waals surface area contributed by atoms with Crippen LogP contribution in [0.5, 0.6) is 0 Å². The number of thiocarbonyl (C=S) groups is 1. The fourth-order valence-corrected chi connectivity index (χ4v) is 1.42. The molecule has 0 spiro atoms. The first-order valence-electron chi connectivity index (χ1n) is 5.71. The van der Waals surface area contributed by atoms with Crippen molar-refractivity contribution in [3.05, 3.63) is 29.3 Å². The molecule has 0 aliphatic heterocycles. The molecular formula is C13H19N3S. The van der Waals surface area contributed by atoms with Gasteiger partial charge in [-0.25, -0.2) is 0 Å². The lowest BCUT2D eigenvalue weighted by Crippen LogP contribution is -2.25. The predicted octanol–water partition coefficient (Wildman–Crippen LogP) is 3.38. The number of anilines is 1. The largest absolute Gasteiger partial charge is 0.331 e. The van der Waals surface area contributed by atoms with Crippen molar-refractivity contribution in [1.29, 1.82) is 0 Å². The van der Waals surface area contributed by atoms with Gasteiger partial charge in [-0.2, -0.15) is 5.10 Å². The van der Waals surface area contributed by atoms with Gasteiger partial charge in [0, 0.05) is 11.4 Å². The van der Waals surface area contributed by atoms with E-state index in [1.807, 2.05) is 19.1 Å². The Hall–Kier alpha value is -1.42. The molecule has 0 heterocycles. The number of rotatable bonds is 3. The van der Waals surface area contributed by atoms with Crippen LogP contribution in [0.1, 0.15) is 31.4 Å². The van der Waals surface area contributed by atoms with Gasteiger partial charge >= 0.3 is 0 Å². The molecule has 0 aromatic heterocycles. The molecule has 92 valence electrons. The second-order valence-corrected chi connectivity index (χ2v) is 4.42. The molecule has 0 radical (unpaired) electrons. The van der Waals surface area contributed by atoms with E-state index < -0.39 is 0 Å². The molecule has 0 bridgehead atoms. The van der Waals surface area contributed by atoms with Gasteiger partial charge in [-0.05, 0) is 56.6 Å². The van der Waals surface area contributed by atoms with Crippen LogP contribution in [0.3, 0.4) is 0 Å². The lowest BCUT2D eigenvalue weighted by Gasteiger charge is -2.11. The minimum absolute atomic E-state index is 0.520. The van der Waals surface area contributed by atoms with Crippen molar-refractivity contribution < 1.29 is 0 Å². The summed E-state index contributed by atoms with van der Waals surface area (Å²) in [6, 6.07) is 6.09. The Morgan fingerprint density at radius 3 is 2.71 bits per heavy atom. The molecule has 0 atom stereocenters. The van der Waals surface area contributed by atoms with Crippen LogP contribution in [0.2, 0.25) is 0 Å². The summed E-state index contributed by atoms with van der Waals surface area (Å²) in [6.07, 6.45) is 0.916. The van der Waals surface area contributed by atoms with Gasteiger partial charge in [-0.3, -0.25) is 5.43 Å². The first kappa shape index (κ1) is 13.6. The van der Waals surface area contributed by atoms with Gasteiger partial charge in [0.15, 0.2) is 5.11 Å². The number of nitrogens with zero attached hydrogens (tertiary/aromatic N) is 1. The first-order valence-corrected chi connectivity index (χ1v) is 6.11. The number of hydrazone groups is 1. The van der Waals surface area contributed by atoms with Crippen LogP contribution in [0.4, 0.5) is 5.69 Å². The summed E-state index contributed by atoms with van der Waals surface area (Å²) in [6.45, 7) is 8.17. The maximum atomic E-state index is 5.18. The van der Waals surface area contributed by atoms with E-state index in [1.165, 1.54) is 11.1 Å². The van der Waals surface area contributed by atoms with E-state index in [9.17, 15) is 0 Å². The Morgan fingerprint density at radius 2 is 2.06 bits per heavy atom. The van der Waals surface area contributed by atoms with Crippen LogP contribution in [0, 0.1) is 13.8 Å². The van der Waals surface area contributed by atoms with Crippen molar-refractivity contribution in [2.24, 2.45) is 5.10 Å². The third-order valence-corrected chi connectivity index (χ3v) is 2.91. The van der Waals surface area contributed by atoms with Crippen LogP contribution in [-0.4, -0.2) is 10.8 Å². The highest BCUT2D eigenvalue weighted by Gasteiger charge is 2.01. The molecule has 0 fully saturated rings. The van der Waals surface area contributed by atoms with Crippen molar-refractivity contribution in [2.75, 3.05) is 5.32 Å². The summed E-state index contributed by atoms with van der Waals surface area (Å²) in [5.41, 5.74) is 7.32. The molecule has 1 aromatic rings. The Kier molecular flexibility index (Phi) is 5.10. The van der Waals surface area contributed by atoms with Crippen molar-refractivity contribution in [3.8, 4) is 0 Å². The van der Waals surface area contributed by atoms with Crippen LogP contribution >= 0.6 is 12.2 Å². The van der Waals surface area contributed by atoms with Gasteiger partial charge in [-0.15, -0.1) is 0 Å². The zero-order chi connectivity index (χ0) is 12.8. The molecule has 0 aliphatic rings.